The van der Waals surface area contributed by atoms with E-state index >= 15 is 0 Å². The minimum atomic E-state index is -4.35. The highest BCUT2D eigenvalue weighted by molar-refractivity contribution is 5.29. The lowest BCUT2D eigenvalue weighted by molar-refractivity contribution is -0.138. The van der Waals surface area contributed by atoms with Crippen LogP contribution in [0.4, 0.5) is 13.2 Å². The van der Waals surface area contributed by atoms with Crippen LogP contribution in [0, 0.1) is 0 Å². The Morgan fingerprint density at radius 2 is 1.73 bits per heavy atom. The molecule has 0 radical (unpaired) electrons. The maximum atomic E-state index is 13.3. The summed E-state index contributed by atoms with van der Waals surface area (Å²) in [5, 5.41) is 0. The van der Waals surface area contributed by atoms with Gasteiger partial charge in [0.25, 0.3) is 0 Å². The SMILES string of the molecule is CC(C)OCCCN(Cc1ccncc1)Cc1ccccc1C(F)(F)F. The Morgan fingerprint density at radius 1 is 1.04 bits per heavy atom. The molecule has 0 spiro atoms. The first-order chi connectivity index (χ1) is 12.4. The molecule has 0 saturated heterocycles. The van der Waals surface area contributed by atoms with Gasteiger partial charge in [-0.05, 0) is 49.6 Å². The number of aromatic nitrogens is 1. The van der Waals surface area contributed by atoms with E-state index in [4.69, 9.17) is 4.74 Å². The number of hydrogen-bond donors (Lipinski definition) is 0. The number of rotatable bonds is 9. The highest BCUT2D eigenvalue weighted by atomic mass is 19.4. The van der Waals surface area contributed by atoms with Gasteiger partial charge >= 0.3 is 6.18 Å². The van der Waals surface area contributed by atoms with Crippen LogP contribution in [0.1, 0.15) is 37.0 Å². The Balaban J connectivity index is 2.10. The summed E-state index contributed by atoms with van der Waals surface area (Å²) in [5.74, 6) is 0. The van der Waals surface area contributed by atoms with Crippen LogP contribution in [-0.4, -0.2) is 29.1 Å². The van der Waals surface area contributed by atoms with Crippen LogP contribution in [0.2, 0.25) is 0 Å². The summed E-state index contributed by atoms with van der Waals surface area (Å²) in [4.78, 5) is 6.01. The van der Waals surface area contributed by atoms with Crippen LogP contribution < -0.4 is 0 Å². The second-order valence-electron chi connectivity index (χ2n) is 6.49. The minimum Gasteiger partial charge on any atom is -0.379 e. The maximum Gasteiger partial charge on any atom is 0.416 e. The first-order valence-electron chi connectivity index (χ1n) is 8.74. The average Bonchev–Trinajstić information content (AvgIpc) is 2.59. The molecule has 0 unspecified atom stereocenters. The zero-order chi connectivity index (χ0) is 19.0. The van der Waals surface area contributed by atoms with Crippen LogP contribution in [-0.2, 0) is 24.0 Å². The highest BCUT2D eigenvalue weighted by Crippen LogP contribution is 2.32. The Labute approximate surface area is 152 Å². The zero-order valence-electron chi connectivity index (χ0n) is 15.2. The summed E-state index contributed by atoms with van der Waals surface area (Å²) >= 11 is 0. The lowest BCUT2D eigenvalue weighted by Gasteiger charge is -2.24. The Hall–Kier alpha value is -1.92. The van der Waals surface area contributed by atoms with E-state index < -0.39 is 11.7 Å². The smallest absolute Gasteiger partial charge is 0.379 e. The summed E-state index contributed by atoms with van der Waals surface area (Å²) in [5.41, 5.74) is 0.742. The molecule has 6 heteroatoms. The molecule has 26 heavy (non-hydrogen) atoms. The van der Waals surface area contributed by atoms with E-state index in [0.29, 0.717) is 25.3 Å². The predicted octanol–water partition coefficient (Wildman–Crippen LogP) is 4.92. The third-order valence-corrected chi connectivity index (χ3v) is 3.94. The number of benzene rings is 1. The zero-order valence-corrected chi connectivity index (χ0v) is 15.2. The summed E-state index contributed by atoms with van der Waals surface area (Å²) in [6, 6.07) is 9.53. The van der Waals surface area contributed by atoms with Crippen LogP contribution >= 0.6 is 0 Å². The van der Waals surface area contributed by atoms with Crippen molar-refractivity contribution in [2.75, 3.05) is 13.2 Å². The molecule has 1 aromatic heterocycles. The molecule has 1 aromatic carbocycles. The molecule has 0 fully saturated rings. The summed E-state index contributed by atoms with van der Waals surface area (Å²) in [7, 11) is 0. The minimum absolute atomic E-state index is 0.148. The average molecular weight is 366 g/mol. The maximum absolute atomic E-state index is 13.3. The molecule has 0 amide bonds. The topological polar surface area (TPSA) is 25.4 Å². The van der Waals surface area contributed by atoms with E-state index in [1.54, 1.807) is 24.5 Å². The molecule has 0 aliphatic heterocycles. The fourth-order valence-corrected chi connectivity index (χ4v) is 2.74. The van der Waals surface area contributed by atoms with Gasteiger partial charge in [-0.1, -0.05) is 18.2 Å². The van der Waals surface area contributed by atoms with Gasteiger partial charge < -0.3 is 4.74 Å². The quantitative estimate of drug-likeness (QED) is 0.589. The molecule has 3 nitrogen and oxygen atoms in total. The third kappa shape index (κ3) is 6.77. The Kier molecular flexibility index (Phi) is 7.60. The molecule has 0 atom stereocenters. The van der Waals surface area contributed by atoms with E-state index in [-0.39, 0.29) is 12.6 Å². The molecular formula is C20H25F3N2O. The van der Waals surface area contributed by atoms with E-state index in [0.717, 1.165) is 18.1 Å². The molecule has 1 heterocycles. The normalized spacial score (nSPS) is 12.1. The standard InChI is InChI=1S/C20H25F3N2O/c1-16(2)26-13-5-12-25(14-17-8-10-24-11-9-17)15-18-6-3-4-7-19(18)20(21,22)23/h3-4,6-11,16H,5,12-15H2,1-2H3. The van der Waals surface area contributed by atoms with Gasteiger partial charge in [-0.15, -0.1) is 0 Å². The van der Waals surface area contributed by atoms with E-state index in [9.17, 15) is 13.2 Å². The Morgan fingerprint density at radius 3 is 2.38 bits per heavy atom. The molecule has 142 valence electrons. The van der Waals surface area contributed by atoms with Crippen LogP contribution in [0.3, 0.4) is 0 Å². The van der Waals surface area contributed by atoms with Crippen molar-refractivity contribution in [1.29, 1.82) is 0 Å². The molecule has 0 N–H and O–H groups in total. The van der Waals surface area contributed by atoms with E-state index in [1.165, 1.54) is 6.07 Å². The Bertz CT molecular complexity index is 660. The number of alkyl halides is 3. The third-order valence-electron chi connectivity index (χ3n) is 3.94. The van der Waals surface area contributed by atoms with Crippen molar-refractivity contribution in [1.82, 2.24) is 9.88 Å². The first-order valence-corrected chi connectivity index (χ1v) is 8.74. The lowest BCUT2D eigenvalue weighted by atomic mass is 10.1. The summed E-state index contributed by atoms with van der Waals surface area (Å²) < 4.78 is 45.4. The second kappa shape index (κ2) is 9.69. The van der Waals surface area contributed by atoms with Crippen molar-refractivity contribution in [2.45, 2.75) is 45.6 Å². The van der Waals surface area contributed by atoms with Crippen molar-refractivity contribution in [3.63, 3.8) is 0 Å². The lowest BCUT2D eigenvalue weighted by Crippen LogP contribution is -2.26. The number of pyridine rings is 1. The fraction of sp³-hybridized carbons (Fsp3) is 0.450. The highest BCUT2D eigenvalue weighted by Gasteiger charge is 2.33. The van der Waals surface area contributed by atoms with Crippen molar-refractivity contribution in [3.05, 3.63) is 65.5 Å². The van der Waals surface area contributed by atoms with E-state index in [1.807, 2.05) is 30.9 Å². The van der Waals surface area contributed by atoms with Gasteiger partial charge in [-0.25, -0.2) is 0 Å². The van der Waals surface area contributed by atoms with Gasteiger partial charge in [0.05, 0.1) is 11.7 Å². The van der Waals surface area contributed by atoms with Gasteiger partial charge in [-0.2, -0.15) is 13.2 Å². The molecule has 2 rings (SSSR count). The number of nitrogens with zero attached hydrogens (tertiary/aromatic N) is 2. The van der Waals surface area contributed by atoms with Crippen LogP contribution in [0.25, 0.3) is 0 Å². The molecular weight excluding hydrogens is 341 g/mol. The fourth-order valence-electron chi connectivity index (χ4n) is 2.74. The monoisotopic (exact) mass is 366 g/mol. The number of halogens is 3. The molecule has 0 saturated carbocycles. The van der Waals surface area contributed by atoms with Gasteiger partial charge in [-0.3, -0.25) is 9.88 Å². The summed E-state index contributed by atoms with van der Waals surface area (Å²) in [6.07, 6.45) is -0.0514. The van der Waals surface area contributed by atoms with E-state index in [2.05, 4.69) is 4.98 Å². The largest absolute Gasteiger partial charge is 0.416 e. The van der Waals surface area contributed by atoms with Crippen molar-refractivity contribution in [3.8, 4) is 0 Å². The predicted molar refractivity (Wildman–Crippen MR) is 95.5 cm³/mol. The molecule has 2 aromatic rings. The first kappa shape index (κ1) is 20.4. The second-order valence-corrected chi connectivity index (χ2v) is 6.49. The van der Waals surface area contributed by atoms with Crippen LogP contribution in [0.15, 0.2) is 48.8 Å². The molecule has 0 aliphatic rings. The van der Waals surface area contributed by atoms with Crippen molar-refractivity contribution in [2.24, 2.45) is 0 Å². The van der Waals surface area contributed by atoms with Gasteiger partial charge in [0, 0.05) is 38.6 Å². The van der Waals surface area contributed by atoms with Crippen molar-refractivity contribution >= 4 is 0 Å². The summed E-state index contributed by atoms with van der Waals surface area (Å²) in [6.45, 7) is 5.98. The van der Waals surface area contributed by atoms with Gasteiger partial charge in [0.1, 0.15) is 0 Å². The van der Waals surface area contributed by atoms with Gasteiger partial charge in [0.2, 0.25) is 0 Å². The van der Waals surface area contributed by atoms with Gasteiger partial charge in [0.15, 0.2) is 0 Å². The number of hydrogen-bond acceptors (Lipinski definition) is 3. The molecule has 0 bridgehead atoms. The van der Waals surface area contributed by atoms with Crippen LogP contribution in [0.5, 0.6) is 0 Å². The number of ether oxygens (including phenoxy) is 1. The molecule has 0 aliphatic carbocycles. The van der Waals surface area contributed by atoms with Crippen molar-refractivity contribution < 1.29 is 17.9 Å².